The number of aromatic nitrogens is 4. The Labute approximate surface area is 212 Å². The van der Waals surface area contributed by atoms with Crippen molar-refractivity contribution in [1.29, 1.82) is 0 Å². The van der Waals surface area contributed by atoms with Crippen molar-refractivity contribution < 1.29 is 13.9 Å². The number of hydrogen-bond acceptors (Lipinski definition) is 7. The molecule has 1 fully saturated rings. The van der Waals surface area contributed by atoms with Crippen molar-refractivity contribution in [2.75, 3.05) is 25.0 Å². The van der Waals surface area contributed by atoms with Gasteiger partial charge >= 0.3 is 0 Å². The van der Waals surface area contributed by atoms with Crippen molar-refractivity contribution in [3.8, 4) is 17.1 Å². The molecule has 0 aliphatic carbocycles. The molecule has 188 valence electrons. The molecule has 2 aromatic heterocycles. The molecule has 0 unspecified atom stereocenters. The maximum Gasteiger partial charge on any atom is 0.251 e. The monoisotopic (exact) mass is 499 g/mol. The van der Waals surface area contributed by atoms with E-state index in [4.69, 9.17) is 9.72 Å². The first-order valence-corrected chi connectivity index (χ1v) is 12.2. The quantitative estimate of drug-likeness (QED) is 0.321. The summed E-state index contributed by atoms with van der Waals surface area (Å²) in [7, 11) is 0. The zero-order chi connectivity index (χ0) is 25.2. The predicted octanol–water partition coefficient (Wildman–Crippen LogP) is 3.56. The van der Waals surface area contributed by atoms with Crippen LogP contribution in [0.25, 0.3) is 11.4 Å². The number of benzene rings is 2. The third kappa shape index (κ3) is 4.63. The minimum Gasteiger partial charge on any atom is -0.491 e. The molecular formula is C27H26FN7O2. The second-order valence-electron chi connectivity index (χ2n) is 9.30. The van der Waals surface area contributed by atoms with Crippen LogP contribution in [0.3, 0.4) is 0 Å². The van der Waals surface area contributed by atoms with Crippen LogP contribution < -0.4 is 20.7 Å². The van der Waals surface area contributed by atoms with Gasteiger partial charge in [0.15, 0.2) is 11.6 Å². The minimum atomic E-state index is -0.471. The van der Waals surface area contributed by atoms with Crippen LogP contribution >= 0.6 is 0 Å². The van der Waals surface area contributed by atoms with Gasteiger partial charge < -0.3 is 20.7 Å². The number of anilines is 1. The number of halogens is 1. The number of carbonyl (C=O) groups excluding carboxylic acids is 1. The number of amides is 1. The molecule has 6 rings (SSSR count). The van der Waals surface area contributed by atoms with Gasteiger partial charge in [0, 0.05) is 40.8 Å². The minimum absolute atomic E-state index is 0.228. The summed E-state index contributed by atoms with van der Waals surface area (Å²) in [6.07, 6.45) is 5.02. The number of piperidine rings is 1. The molecule has 37 heavy (non-hydrogen) atoms. The molecule has 1 amide bonds. The van der Waals surface area contributed by atoms with E-state index in [1.165, 1.54) is 12.1 Å². The lowest BCUT2D eigenvalue weighted by Crippen LogP contribution is -2.46. The topological polar surface area (TPSA) is 117 Å². The van der Waals surface area contributed by atoms with E-state index in [0.29, 0.717) is 17.1 Å². The number of rotatable bonds is 6. The van der Waals surface area contributed by atoms with Gasteiger partial charge in [0.2, 0.25) is 0 Å². The fourth-order valence-corrected chi connectivity index (χ4v) is 4.94. The highest BCUT2D eigenvalue weighted by Crippen LogP contribution is 2.35. The number of hydrogen-bond donors (Lipinski definition) is 4. The van der Waals surface area contributed by atoms with Crippen LogP contribution in [0.5, 0.6) is 5.75 Å². The third-order valence-electron chi connectivity index (χ3n) is 6.90. The van der Waals surface area contributed by atoms with Gasteiger partial charge in [-0.1, -0.05) is 12.1 Å². The molecule has 0 bridgehead atoms. The van der Waals surface area contributed by atoms with E-state index in [-0.39, 0.29) is 24.4 Å². The molecule has 2 aliphatic heterocycles. The van der Waals surface area contributed by atoms with Gasteiger partial charge in [0.25, 0.3) is 5.91 Å². The van der Waals surface area contributed by atoms with E-state index in [1.54, 1.807) is 24.5 Å². The number of pyridine rings is 1. The Kier molecular flexibility index (Phi) is 6.01. The molecule has 0 saturated carbocycles. The van der Waals surface area contributed by atoms with Crippen LogP contribution in [0.1, 0.15) is 40.6 Å². The van der Waals surface area contributed by atoms with Gasteiger partial charge in [0.1, 0.15) is 18.2 Å². The molecule has 1 saturated heterocycles. The maximum atomic E-state index is 13.5. The number of nitrogens with one attached hydrogen (secondary N) is 4. The summed E-state index contributed by atoms with van der Waals surface area (Å²) in [5, 5.41) is 17.7. The SMILES string of the molecule is O=C(N[C@@H]1COc2cc(F)ccc21)c1cccc(NC2(c3nc(-c4ccncc4)n[nH]3)CCNCC2)c1. The molecule has 0 radical (unpaired) electrons. The van der Waals surface area contributed by atoms with Crippen molar-refractivity contribution in [3.05, 3.63) is 89.8 Å². The summed E-state index contributed by atoms with van der Waals surface area (Å²) >= 11 is 0. The van der Waals surface area contributed by atoms with Crippen molar-refractivity contribution in [2.45, 2.75) is 24.4 Å². The number of aromatic amines is 1. The Hall–Kier alpha value is -4.31. The third-order valence-corrected chi connectivity index (χ3v) is 6.90. The van der Waals surface area contributed by atoms with Crippen LogP contribution in [-0.4, -0.2) is 45.8 Å². The smallest absolute Gasteiger partial charge is 0.251 e. The molecule has 4 heterocycles. The summed E-state index contributed by atoms with van der Waals surface area (Å²) in [5.74, 6) is 1.24. The lowest BCUT2D eigenvalue weighted by molar-refractivity contribution is 0.0930. The standard InChI is InChI=1S/C27H26FN7O2/c28-19-4-5-21-22(16-37-23(21)15-19)31-25(36)18-2-1-3-20(14-18)33-27(8-12-30-13-9-27)26-32-24(34-35-26)17-6-10-29-11-7-17/h1-7,10-11,14-15,22,30,33H,8-9,12-13,16H2,(H,31,36)(H,32,34,35)/t22-/m1/s1. The van der Waals surface area contributed by atoms with Crippen molar-refractivity contribution >= 4 is 11.6 Å². The van der Waals surface area contributed by atoms with Crippen LogP contribution in [0.2, 0.25) is 0 Å². The van der Waals surface area contributed by atoms with Gasteiger partial charge in [0.05, 0.1) is 11.6 Å². The number of H-pyrrole nitrogens is 1. The summed E-state index contributed by atoms with van der Waals surface area (Å²) in [5.41, 5.74) is 2.51. The lowest BCUT2D eigenvalue weighted by atomic mass is 9.87. The van der Waals surface area contributed by atoms with E-state index in [9.17, 15) is 9.18 Å². The Bertz CT molecular complexity index is 1420. The van der Waals surface area contributed by atoms with Crippen LogP contribution in [0.4, 0.5) is 10.1 Å². The average molecular weight is 500 g/mol. The van der Waals surface area contributed by atoms with Crippen LogP contribution in [0, 0.1) is 5.82 Å². The Morgan fingerprint density at radius 2 is 1.92 bits per heavy atom. The molecule has 4 N–H and O–H groups in total. The van der Waals surface area contributed by atoms with Gasteiger partial charge in [-0.15, -0.1) is 0 Å². The van der Waals surface area contributed by atoms with Gasteiger partial charge in [-0.2, -0.15) is 5.10 Å². The molecule has 2 aliphatic rings. The lowest BCUT2D eigenvalue weighted by Gasteiger charge is -2.37. The highest BCUT2D eigenvalue weighted by atomic mass is 19.1. The fraction of sp³-hybridized carbons (Fsp3) is 0.259. The van der Waals surface area contributed by atoms with E-state index >= 15 is 0 Å². The summed E-state index contributed by atoms with van der Waals surface area (Å²) in [6, 6.07) is 15.2. The highest BCUT2D eigenvalue weighted by molar-refractivity contribution is 5.95. The van der Waals surface area contributed by atoms with Crippen LogP contribution in [0.15, 0.2) is 67.0 Å². The first kappa shape index (κ1) is 23.1. The normalized spacial score (nSPS) is 18.0. The second-order valence-corrected chi connectivity index (χ2v) is 9.30. The number of fused-ring (bicyclic) bond motifs is 1. The Balaban J connectivity index is 1.23. The summed E-state index contributed by atoms with van der Waals surface area (Å²) in [6.45, 7) is 1.91. The van der Waals surface area contributed by atoms with Crippen molar-refractivity contribution in [1.82, 2.24) is 30.8 Å². The Morgan fingerprint density at radius 1 is 1.08 bits per heavy atom. The highest BCUT2D eigenvalue weighted by Gasteiger charge is 2.37. The van der Waals surface area contributed by atoms with Crippen molar-refractivity contribution in [2.24, 2.45) is 0 Å². The summed E-state index contributed by atoms with van der Waals surface area (Å²) in [4.78, 5) is 22.0. The first-order valence-electron chi connectivity index (χ1n) is 12.2. The maximum absolute atomic E-state index is 13.5. The van der Waals surface area contributed by atoms with Gasteiger partial charge in [-0.05, 0) is 62.3 Å². The number of nitrogens with zero attached hydrogens (tertiary/aromatic N) is 3. The molecule has 9 nitrogen and oxygen atoms in total. The second kappa shape index (κ2) is 9.62. The molecule has 10 heteroatoms. The van der Waals surface area contributed by atoms with E-state index in [2.05, 4.69) is 31.1 Å². The fourth-order valence-electron chi connectivity index (χ4n) is 4.94. The molecule has 0 spiro atoms. The molecule has 1 atom stereocenters. The van der Waals surface area contributed by atoms with Crippen molar-refractivity contribution in [3.63, 3.8) is 0 Å². The van der Waals surface area contributed by atoms with Gasteiger partial charge in [-0.25, -0.2) is 9.37 Å². The van der Waals surface area contributed by atoms with Crippen LogP contribution in [-0.2, 0) is 5.54 Å². The molecule has 2 aromatic carbocycles. The molecule has 4 aromatic rings. The average Bonchev–Trinajstić information content (AvgIpc) is 3.58. The largest absolute Gasteiger partial charge is 0.491 e. The zero-order valence-electron chi connectivity index (χ0n) is 20.0. The van der Waals surface area contributed by atoms with E-state index in [0.717, 1.165) is 48.6 Å². The summed E-state index contributed by atoms with van der Waals surface area (Å²) < 4.78 is 19.1. The van der Waals surface area contributed by atoms with Gasteiger partial charge in [-0.3, -0.25) is 14.9 Å². The number of ether oxygens (including phenoxy) is 1. The Morgan fingerprint density at radius 3 is 2.76 bits per heavy atom. The zero-order valence-corrected chi connectivity index (χ0v) is 20.0. The van der Waals surface area contributed by atoms with E-state index in [1.807, 2.05) is 30.3 Å². The molecular weight excluding hydrogens is 473 g/mol. The first-order chi connectivity index (χ1) is 18.1. The number of carbonyl (C=O) groups is 1. The predicted molar refractivity (Wildman–Crippen MR) is 136 cm³/mol. The van der Waals surface area contributed by atoms with E-state index < -0.39 is 5.54 Å².